The van der Waals surface area contributed by atoms with Gasteiger partial charge in [0.05, 0.1) is 29.4 Å². The summed E-state index contributed by atoms with van der Waals surface area (Å²) in [5.74, 6) is 0.985. The Morgan fingerprint density at radius 1 is 1.23 bits per heavy atom. The molecule has 2 saturated heterocycles. The van der Waals surface area contributed by atoms with E-state index < -0.39 is 0 Å². The number of carbonyl (C=O) groups excluding carboxylic acids is 1. The van der Waals surface area contributed by atoms with Crippen LogP contribution in [-0.2, 0) is 9.53 Å². The highest BCUT2D eigenvalue weighted by atomic mass is 32.1. The van der Waals surface area contributed by atoms with Crippen LogP contribution in [0.15, 0.2) is 35.8 Å². The van der Waals surface area contributed by atoms with Crippen LogP contribution in [0.4, 0.5) is 5.69 Å². The smallest absolute Gasteiger partial charge is 0.219 e. The van der Waals surface area contributed by atoms with Gasteiger partial charge in [0.1, 0.15) is 11.4 Å². The molecular weight excluding hydrogens is 462 g/mol. The molecule has 186 valence electrons. The Morgan fingerprint density at radius 3 is 2.89 bits per heavy atom. The van der Waals surface area contributed by atoms with Crippen molar-refractivity contribution in [2.75, 3.05) is 51.4 Å². The topological polar surface area (TPSA) is 93.8 Å². The maximum Gasteiger partial charge on any atom is 0.219 e. The van der Waals surface area contributed by atoms with Crippen LogP contribution in [0.2, 0.25) is 0 Å². The quantitative estimate of drug-likeness (QED) is 0.534. The van der Waals surface area contributed by atoms with Gasteiger partial charge in [0.15, 0.2) is 0 Å². The van der Waals surface area contributed by atoms with Crippen molar-refractivity contribution in [2.45, 2.75) is 37.6 Å². The van der Waals surface area contributed by atoms with E-state index in [9.17, 15) is 4.79 Å². The number of nitrogens with two attached hydrogens (primary N) is 1. The fourth-order valence-electron chi connectivity index (χ4n) is 5.25. The zero-order chi connectivity index (χ0) is 24.2. The summed E-state index contributed by atoms with van der Waals surface area (Å²) in [5, 5.41) is 4.37. The number of carbonyl (C=O) groups is 1. The Bertz CT molecular complexity index is 1160. The number of rotatable bonds is 7. The number of aromatic nitrogens is 2. The van der Waals surface area contributed by atoms with Gasteiger partial charge in [-0.1, -0.05) is 6.07 Å². The first-order valence-electron chi connectivity index (χ1n) is 12.4. The van der Waals surface area contributed by atoms with Gasteiger partial charge in [-0.3, -0.25) is 14.7 Å². The molecule has 9 heteroatoms. The van der Waals surface area contributed by atoms with Crippen molar-refractivity contribution >= 4 is 33.8 Å². The van der Waals surface area contributed by atoms with Gasteiger partial charge in [-0.25, -0.2) is 4.98 Å². The first-order chi connectivity index (χ1) is 17.1. The van der Waals surface area contributed by atoms with Crippen LogP contribution in [0, 0.1) is 0 Å². The van der Waals surface area contributed by atoms with Gasteiger partial charge >= 0.3 is 0 Å². The number of hydrogen-bond donors (Lipinski definition) is 1. The number of hydrogen-bond acceptors (Lipinski definition) is 8. The summed E-state index contributed by atoms with van der Waals surface area (Å²) in [4.78, 5) is 26.5. The van der Waals surface area contributed by atoms with Crippen LogP contribution < -0.4 is 15.4 Å². The standard InChI is InChI=1S/C26H33N5O3S/c1-33-22-6-5-18-4-2-9-28-24(18)25(22)31-11-3-10-30(12-13-31)21(16-23(27)32)20-17-35-26(29-20)19-7-14-34-15-8-19/h2,4-6,9,17,19,21H,3,7-8,10-16H2,1H3,(H2,27,32). The zero-order valence-electron chi connectivity index (χ0n) is 20.2. The minimum atomic E-state index is -0.295. The normalized spacial score (nSPS) is 18.9. The number of nitrogens with zero attached hydrogens (tertiary/aromatic N) is 4. The number of amides is 1. The van der Waals surface area contributed by atoms with Crippen LogP contribution in [0.5, 0.6) is 5.75 Å². The van der Waals surface area contributed by atoms with E-state index in [0.29, 0.717) is 5.92 Å². The molecule has 2 aromatic heterocycles. The minimum absolute atomic E-state index is 0.107. The van der Waals surface area contributed by atoms with Crippen molar-refractivity contribution in [3.8, 4) is 5.75 Å². The maximum atomic E-state index is 12.1. The summed E-state index contributed by atoms with van der Waals surface area (Å²) in [6.45, 7) is 4.94. The number of ether oxygens (including phenoxy) is 2. The molecule has 5 rings (SSSR count). The molecule has 4 heterocycles. The van der Waals surface area contributed by atoms with Crippen LogP contribution in [0.3, 0.4) is 0 Å². The number of methoxy groups -OCH3 is 1. The van der Waals surface area contributed by atoms with Crippen molar-refractivity contribution in [1.82, 2.24) is 14.9 Å². The Kier molecular flexibility index (Phi) is 7.46. The summed E-state index contributed by atoms with van der Waals surface area (Å²) >= 11 is 1.70. The van der Waals surface area contributed by atoms with Gasteiger partial charge < -0.3 is 20.1 Å². The van der Waals surface area contributed by atoms with Crippen molar-refractivity contribution < 1.29 is 14.3 Å². The Morgan fingerprint density at radius 2 is 2.09 bits per heavy atom. The second kappa shape index (κ2) is 10.9. The molecule has 0 saturated carbocycles. The number of pyridine rings is 1. The van der Waals surface area contributed by atoms with Crippen LogP contribution in [0.1, 0.15) is 48.3 Å². The number of fused-ring (bicyclic) bond motifs is 1. The van der Waals surface area contributed by atoms with E-state index in [1.54, 1.807) is 18.4 Å². The maximum absolute atomic E-state index is 12.1. The Labute approximate surface area is 210 Å². The number of thiazole rings is 1. The molecule has 1 atom stereocenters. The third-order valence-corrected chi connectivity index (χ3v) is 8.09. The summed E-state index contributed by atoms with van der Waals surface area (Å²) in [6.07, 6.45) is 5.07. The van der Waals surface area contributed by atoms with Crippen LogP contribution in [0.25, 0.3) is 10.9 Å². The summed E-state index contributed by atoms with van der Waals surface area (Å²) in [5.41, 5.74) is 8.66. The third-order valence-electron chi connectivity index (χ3n) is 7.06. The molecular formula is C26H33N5O3S. The molecule has 0 bridgehead atoms. The van der Waals surface area contributed by atoms with E-state index in [4.69, 9.17) is 20.2 Å². The predicted molar refractivity (Wildman–Crippen MR) is 138 cm³/mol. The molecule has 35 heavy (non-hydrogen) atoms. The molecule has 2 fully saturated rings. The second-order valence-electron chi connectivity index (χ2n) is 9.25. The van der Waals surface area contributed by atoms with E-state index in [0.717, 1.165) is 91.7 Å². The summed E-state index contributed by atoms with van der Waals surface area (Å²) in [6, 6.07) is 8.00. The van der Waals surface area contributed by atoms with Gasteiger partial charge in [-0.05, 0) is 37.5 Å². The molecule has 2 aliphatic rings. The lowest BCUT2D eigenvalue weighted by atomic mass is 10.0. The SMILES string of the molecule is COc1ccc2cccnc2c1N1CCCN(C(CC(N)=O)c2csc(C3CCOCC3)n2)CC1. The summed E-state index contributed by atoms with van der Waals surface area (Å²) in [7, 11) is 1.71. The first-order valence-corrected chi connectivity index (χ1v) is 13.2. The van der Waals surface area contributed by atoms with Crippen LogP contribution >= 0.6 is 11.3 Å². The highest BCUT2D eigenvalue weighted by Gasteiger charge is 2.29. The van der Waals surface area contributed by atoms with Crippen molar-refractivity contribution in [2.24, 2.45) is 5.73 Å². The Hall–Kier alpha value is -2.75. The monoisotopic (exact) mass is 495 g/mol. The molecule has 3 aromatic rings. The van der Waals surface area contributed by atoms with E-state index in [1.807, 2.05) is 18.3 Å². The van der Waals surface area contributed by atoms with Gasteiger partial charge in [-0.15, -0.1) is 11.3 Å². The van der Waals surface area contributed by atoms with Gasteiger partial charge in [0.25, 0.3) is 0 Å². The number of primary amides is 1. The lowest BCUT2D eigenvalue weighted by Crippen LogP contribution is -2.36. The zero-order valence-corrected chi connectivity index (χ0v) is 21.0. The van der Waals surface area contributed by atoms with Crippen molar-refractivity contribution in [3.63, 3.8) is 0 Å². The molecule has 2 aliphatic heterocycles. The van der Waals surface area contributed by atoms with Gasteiger partial charge in [0.2, 0.25) is 5.91 Å². The fourth-order valence-corrected chi connectivity index (χ4v) is 6.29. The molecule has 0 aliphatic carbocycles. The third kappa shape index (κ3) is 5.27. The number of anilines is 1. The lowest BCUT2D eigenvalue weighted by Gasteiger charge is -2.29. The molecule has 1 amide bonds. The highest BCUT2D eigenvalue weighted by molar-refractivity contribution is 7.09. The van der Waals surface area contributed by atoms with Gasteiger partial charge in [0, 0.05) is 68.7 Å². The van der Waals surface area contributed by atoms with Crippen LogP contribution in [-0.4, -0.2) is 67.3 Å². The van der Waals surface area contributed by atoms with E-state index in [2.05, 4.69) is 32.3 Å². The van der Waals surface area contributed by atoms with E-state index >= 15 is 0 Å². The average molecular weight is 496 g/mol. The molecule has 1 aromatic carbocycles. The Balaban J connectivity index is 1.38. The predicted octanol–water partition coefficient (Wildman–Crippen LogP) is 3.72. The van der Waals surface area contributed by atoms with Crippen molar-refractivity contribution in [3.05, 3.63) is 46.5 Å². The molecule has 0 radical (unpaired) electrons. The largest absolute Gasteiger partial charge is 0.494 e. The lowest BCUT2D eigenvalue weighted by molar-refractivity contribution is -0.119. The molecule has 8 nitrogen and oxygen atoms in total. The van der Waals surface area contributed by atoms with E-state index in [1.165, 1.54) is 0 Å². The van der Waals surface area contributed by atoms with E-state index in [-0.39, 0.29) is 18.4 Å². The van der Waals surface area contributed by atoms with Gasteiger partial charge in [-0.2, -0.15) is 0 Å². The average Bonchev–Trinajstić information content (AvgIpc) is 3.26. The fraction of sp³-hybridized carbons (Fsp3) is 0.500. The first kappa shape index (κ1) is 24.0. The minimum Gasteiger partial charge on any atom is -0.494 e. The van der Waals surface area contributed by atoms with Crippen molar-refractivity contribution in [1.29, 1.82) is 0 Å². The molecule has 1 unspecified atom stereocenters. The highest BCUT2D eigenvalue weighted by Crippen LogP contribution is 2.37. The number of benzene rings is 1. The summed E-state index contributed by atoms with van der Waals surface area (Å²) < 4.78 is 11.2. The molecule has 2 N–H and O–H groups in total. The second-order valence-corrected chi connectivity index (χ2v) is 10.1. The molecule has 0 spiro atoms.